The third-order valence-electron chi connectivity index (χ3n) is 8.01. The van der Waals surface area contributed by atoms with Gasteiger partial charge < -0.3 is 14.7 Å². The van der Waals surface area contributed by atoms with Gasteiger partial charge in [-0.25, -0.2) is 13.9 Å². The van der Waals surface area contributed by atoms with Gasteiger partial charge in [-0.15, -0.1) is 0 Å². The van der Waals surface area contributed by atoms with E-state index in [0.29, 0.717) is 27.8 Å². The third kappa shape index (κ3) is 5.37. The molecule has 1 aromatic carbocycles. The Morgan fingerprint density at radius 1 is 1.10 bits per heavy atom. The number of hydrogen-bond donors (Lipinski definition) is 0. The molecule has 212 valence electrons. The molecule has 3 aromatic heterocycles. The molecule has 0 bridgehead atoms. The van der Waals surface area contributed by atoms with Gasteiger partial charge in [0.2, 0.25) is 5.91 Å². The van der Waals surface area contributed by atoms with E-state index in [4.69, 9.17) is 10.1 Å². The Bertz CT molecular complexity index is 1590. The maximum Gasteiger partial charge on any atom is 0.236 e. The fraction of sp³-hybridized carbons (Fsp3) is 0.400. The molecule has 0 radical (unpaired) electrons. The number of carbonyl (C=O) groups is 1. The van der Waals surface area contributed by atoms with Crippen molar-refractivity contribution in [2.45, 2.75) is 26.2 Å². The maximum atomic E-state index is 13.5. The lowest BCUT2D eigenvalue weighted by Crippen LogP contribution is -2.49. The van der Waals surface area contributed by atoms with E-state index < -0.39 is 0 Å². The summed E-state index contributed by atoms with van der Waals surface area (Å²) in [7, 11) is 1.95. The number of anilines is 3. The highest BCUT2D eigenvalue weighted by atomic mass is 32.1. The number of nitriles is 1. The molecule has 2 aliphatic rings. The number of amides is 1. The molecule has 0 aliphatic carbocycles. The van der Waals surface area contributed by atoms with Crippen LogP contribution in [0.3, 0.4) is 0 Å². The normalized spacial score (nSPS) is 16.0. The molecule has 4 aromatic rings. The number of carbonyl (C=O) groups excluding carboxylic acids is 1. The van der Waals surface area contributed by atoms with E-state index in [9.17, 15) is 14.4 Å². The van der Waals surface area contributed by atoms with Crippen molar-refractivity contribution in [3.05, 3.63) is 59.0 Å². The Labute approximate surface area is 243 Å². The number of aryl methyl sites for hydroxylation is 1. The lowest BCUT2D eigenvalue weighted by molar-refractivity contribution is -0.131. The second-order valence-corrected chi connectivity index (χ2v) is 11.5. The highest BCUT2D eigenvalue weighted by molar-refractivity contribution is 7.16. The largest absolute Gasteiger partial charge is 0.369 e. The van der Waals surface area contributed by atoms with Gasteiger partial charge >= 0.3 is 0 Å². The van der Waals surface area contributed by atoms with Gasteiger partial charge in [0.15, 0.2) is 5.13 Å². The Kier molecular flexibility index (Phi) is 7.60. The summed E-state index contributed by atoms with van der Waals surface area (Å²) in [5.41, 5.74) is 5.23. The summed E-state index contributed by atoms with van der Waals surface area (Å²) in [6.45, 7) is 7.77. The monoisotopic (exact) mass is 572 g/mol. The van der Waals surface area contributed by atoms with Gasteiger partial charge in [0, 0.05) is 63.8 Å². The van der Waals surface area contributed by atoms with Gasteiger partial charge in [-0.3, -0.25) is 9.69 Å². The van der Waals surface area contributed by atoms with E-state index in [0.717, 1.165) is 81.1 Å². The molecule has 0 unspecified atom stereocenters. The van der Waals surface area contributed by atoms with Gasteiger partial charge in [-0.2, -0.15) is 10.4 Å². The van der Waals surface area contributed by atoms with E-state index in [-0.39, 0.29) is 11.7 Å². The quantitative estimate of drug-likeness (QED) is 0.322. The van der Waals surface area contributed by atoms with E-state index in [1.54, 1.807) is 12.1 Å². The van der Waals surface area contributed by atoms with E-state index in [1.165, 1.54) is 23.5 Å². The lowest BCUT2D eigenvalue weighted by Gasteiger charge is -2.36. The van der Waals surface area contributed by atoms with Crippen LogP contribution in [0.2, 0.25) is 0 Å². The Morgan fingerprint density at radius 3 is 2.51 bits per heavy atom. The minimum absolute atomic E-state index is 0.251. The van der Waals surface area contributed by atoms with Crippen LogP contribution in [0.15, 0.2) is 42.6 Å². The molecule has 1 amide bonds. The van der Waals surface area contributed by atoms with Crippen molar-refractivity contribution >= 4 is 39.3 Å². The number of likely N-dealkylation sites (tertiary alicyclic amines) is 1. The average Bonchev–Trinajstić information content (AvgIpc) is 3.76. The van der Waals surface area contributed by atoms with E-state index in [1.807, 2.05) is 27.6 Å². The molecule has 2 saturated heterocycles. The molecule has 9 nitrogen and oxygen atoms in total. The molecule has 2 aliphatic heterocycles. The number of aromatic nitrogens is 3. The Balaban J connectivity index is 1.24. The number of thiazole rings is 1. The van der Waals surface area contributed by atoms with Gasteiger partial charge in [-0.05, 0) is 55.7 Å². The van der Waals surface area contributed by atoms with Crippen molar-refractivity contribution in [1.29, 1.82) is 5.26 Å². The van der Waals surface area contributed by atoms with Crippen LogP contribution in [-0.4, -0.2) is 83.2 Å². The minimum atomic E-state index is -0.327. The fourth-order valence-electron chi connectivity index (χ4n) is 5.72. The Morgan fingerprint density at radius 2 is 1.83 bits per heavy atom. The van der Waals surface area contributed by atoms with Crippen LogP contribution in [0.4, 0.5) is 20.9 Å². The van der Waals surface area contributed by atoms with Gasteiger partial charge in [0.05, 0.1) is 23.4 Å². The molecule has 41 heavy (non-hydrogen) atoms. The van der Waals surface area contributed by atoms with Crippen LogP contribution >= 0.6 is 11.3 Å². The predicted octanol–water partition coefficient (Wildman–Crippen LogP) is 4.54. The third-order valence-corrected chi connectivity index (χ3v) is 9.05. The first kappa shape index (κ1) is 27.2. The SMILES string of the molecule is CCc1nn2ccc(N3CCN(CC(=O)N4CCCC4)CC3)cc2c1N(C)c1nc(-c2ccc(F)cc2)c(C#N)s1. The molecule has 6 rings (SSSR count). The topological polar surface area (TPSA) is 84.0 Å². The summed E-state index contributed by atoms with van der Waals surface area (Å²) in [6, 6.07) is 12.6. The maximum absolute atomic E-state index is 13.5. The zero-order chi connectivity index (χ0) is 28.5. The molecule has 5 heterocycles. The first-order valence-electron chi connectivity index (χ1n) is 14.1. The van der Waals surface area contributed by atoms with Crippen LogP contribution in [0.25, 0.3) is 16.8 Å². The summed E-state index contributed by atoms with van der Waals surface area (Å²) >= 11 is 1.31. The molecular weight excluding hydrogens is 539 g/mol. The molecule has 0 saturated carbocycles. The van der Waals surface area contributed by atoms with Crippen molar-refractivity contribution in [2.75, 3.05) is 62.7 Å². The first-order valence-corrected chi connectivity index (χ1v) is 14.9. The summed E-state index contributed by atoms with van der Waals surface area (Å²) in [4.78, 5) is 26.5. The summed E-state index contributed by atoms with van der Waals surface area (Å²) in [5.74, 6) is -0.0766. The molecule has 2 fully saturated rings. The molecule has 0 N–H and O–H groups in total. The van der Waals surface area contributed by atoms with Gasteiger partial charge in [0.1, 0.15) is 22.5 Å². The van der Waals surface area contributed by atoms with Gasteiger partial charge in [0.25, 0.3) is 0 Å². The van der Waals surface area contributed by atoms with E-state index >= 15 is 0 Å². The number of fused-ring (bicyclic) bond motifs is 1. The number of pyridine rings is 1. The van der Waals surface area contributed by atoms with Crippen LogP contribution in [0.5, 0.6) is 0 Å². The zero-order valence-corrected chi connectivity index (χ0v) is 24.2. The lowest BCUT2D eigenvalue weighted by atomic mass is 10.1. The fourth-order valence-corrected chi connectivity index (χ4v) is 6.57. The van der Waals surface area contributed by atoms with Gasteiger partial charge in [-0.1, -0.05) is 18.3 Å². The van der Waals surface area contributed by atoms with Crippen LogP contribution < -0.4 is 9.80 Å². The second kappa shape index (κ2) is 11.5. The highest BCUT2D eigenvalue weighted by Gasteiger charge is 2.26. The van der Waals surface area contributed by atoms with Crippen LogP contribution in [0, 0.1) is 17.1 Å². The standard InChI is InChI=1S/C30H33FN8OS/c1-3-24-29(35(2)30-33-28(26(19-32)41-30)21-6-8-22(31)9-7-21)25-18-23(10-13-39(25)34-24)37-16-14-36(15-17-37)20-27(40)38-11-4-5-12-38/h6-10,13,18H,3-5,11-12,14-17,20H2,1-2H3. The first-order chi connectivity index (χ1) is 19.9. The predicted molar refractivity (Wildman–Crippen MR) is 159 cm³/mol. The molecule has 0 spiro atoms. The molecular formula is C30H33FN8OS. The number of benzene rings is 1. The number of piperazine rings is 1. The smallest absolute Gasteiger partial charge is 0.236 e. The molecule has 11 heteroatoms. The zero-order valence-electron chi connectivity index (χ0n) is 23.4. The summed E-state index contributed by atoms with van der Waals surface area (Å²) < 4.78 is 15.4. The highest BCUT2D eigenvalue weighted by Crippen LogP contribution is 2.39. The Hall–Kier alpha value is -4.01. The van der Waals surface area contributed by atoms with Crippen molar-refractivity contribution in [3.63, 3.8) is 0 Å². The second-order valence-electron chi connectivity index (χ2n) is 10.6. The minimum Gasteiger partial charge on any atom is -0.369 e. The number of hydrogen-bond acceptors (Lipinski definition) is 8. The number of halogens is 1. The van der Waals surface area contributed by atoms with Crippen LogP contribution in [0.1, 0.15) is 30.3 Å². The summed E-state index contributed by atoms with van der Waals surface area (Å²) in [5, 5.41) is 15.3. The van der Waals surface area contributed by atoms with E-state index in [2.05, 4.69) is 34.9 Å². The van der Waals surface area contributed by atoms with Crippen molar-refractivity contribution < 1.29 is 9.18 Å². The van der Waals surface area contributed by atoms with Crippen LogP contribution in [-0.2, 0) is 11.2 Å². The number of rotatable bonds is 7. The summed E-state index contributed by atoms with van der Waals surface area (Å²) in [6.07, 6.45) is 4.97. The van der Waals surface area contributed by atoms with Crippen molar-refractivity contribution in [1.82, 2.24) is 24.4 Å². The molecule has 0 atom stereocenters. The number of nitrogens with zero attached hydrogens (tertiary/aromatic N) is 8. The average molecular weight is 573 g/mol. The van der Waals surface area contributed by atoms with Crippen molar-refractivity contribution in [2.24, 2.45) is 0 Å². The van der Waals surface area contributed by atoms with Crippen molar-refractivity contribution in [3.8, 4) is 17.3 Å².